The van der Waals surface area contributed by atoms with Gasteiger partial charge in [0.1, 0.15) is 0 Å². The van der Waals surface area contributed by atoms with Crippen molar-refractivity contribution in [2.45, 2.75) is 39.7 Å². The van der Waals surface area contributed by atoms with Crippen LogP contribution >= 0.6 is 0 Å². The van der Waals surface area contributed by atoms with Crippen LogP contribution in [0, 0.1) is 0 Å². The molecule has 1 atom stereocenters. The number of aromatic nitrogens is 6. The van der Waals surface area contributed by atoms with Crippen molar-refractivity contribution in [2.24, 2.45) is 0 Å². The number of allylic oxidation sites excluding steroid dienone is 2. The molecule has 32 heavy (non-hydrogen) atoms. The Kier molecular flexibility index (Phi) is 6.07. The second-order valence-electron chi connectivity index (χ2n) is 8.15. The lowest BCUT2D eigenvalue weighted by Gasteiger charge is -2.25. The molecule has 0 saturated heterocycles. The van der Waals surface area contributed by atoms with E-state index < -0.39 is 0 Å². The number of carbonyl (C=O) groups excluding carboxylic acids is 1. The lowest BCUT2D eigenvalue weighted by molar-refractivity contribution is 0.0939. The quantitative estimate of drug-likeness (QED) is 0.640. The van der Waals surface area contributed by atoms with Gasteiger partial charge in [0, 0.05) is 42.3 Å². The van der Waals surface area contributed by atoms with Crippen molar-refractivity contribution in [3.8, 4) is 5.69 Å². The van der Waals surface area contributed by atoms with Gasteiger partial charge in [0.15, 0.2) is 5.82 Å². The maximum atomic E-state index is 13.2. The second kappa shape index (κ2) is 9.09. The van der Waals surface area contributed by atoms with E-state index in [1.807, 2.05) is 45.2 Å². The fourth-order valence-electron chi connectivity index (χ4n) is 3.50. The molecule has 0 aliphatic carbocycles. The number of carbonyl (C=O) groups is 1. The average molecular weight is 431 g/mol. The summed E-state index contributed by atoms with van der Waals surface area (Å²) in [6.07, 6.45) is 10.9. The summed E-state index contributed by atoms with van der Waals surface area (Å²) in [7, 11) is 0. The molecule has 0 saturated carbocycles. The van der Waals surface area contributed by atoms with Gasteiger partial charge in [-0.2, -0.15) is 4.68 Å². The maximum absolute atomic E-state index is 13.2. The Morgan fingerprint density at radius 2 is 1.94 bits per heavy atom. The third-order valence-electron chi connectivity index (χ3n) is 5.19. The number of nitrogens with one attached hydrogen (secondary N) is 1. The summed E-state index contributed by atoms with van der Waals surface area (Å²) >= 11 is 0. The van der Waals surface area contributed by atoms with Crippen LogP contribution in [0.5, 0.6) is 0 Å². The molecule has 0 fully saturated rings. The average Bonchev–Trinajstić information content (AvgIpc) is 3.30. The van der Waals surface area contributed by atoms with E-state index in [1.165, 1.54) is 5.57 Å². The first-order valence-electron chi connectivity index (χ1n) is 10.5. The molecule has 0 bridgehead atoms. The van der Waals surface area contributed by atoms with Crippen LogP contribution < -0.4 is 10.2 Å². The molecule has 9 heteroatoms. The third kappa shape index (κ3) is 4.56. The molecule has 3 heterocycles. The summed E-state index contributed by atoms with van der Waals surface area (Å²) < 4.78 is 1.69. The van der Waals surface area contributed by atoms with Gasteiger partial charge < -0.3 is 10.2 Å². The van der Waals surface area contributed by atoms with Gasteiger partial charge >= 0.3 is 0 Å². The molecule has 3 aromatic rings. The molecule has 1 aromatic carbocycles. The fraction of sp³-hybridized carbons (Fsp3) is 0.304. The van der Waals surface area contributed by atoms with Crippen LogP contribution in [-0.2, 0) is 0 Å². The van der Waals surface area contributed by atoms with Crippen LogP contribution in [0.25, 0.3) is 5.69 Å². The van der Waals surface area contributed by atoms with E-state index >= 15 is 0 Å². The number of anilines is 1. The summed E-state index contributed by atoms with van der Waals surface area (Å²) in [5.41, 5.74) is 4.05. The third-order valence-corrected chi connectivity index (χ3v) is 5.19. The highest BCUT2D eigenvalue weighted by Gasteiger charge is 2.19. The summed E-state index contributed by atoms with van der Waals surface area (Å²) in [4.78, 5) is 23.7. The number of tetrazole rings is 1. The van der Waals surface area contributed by atoms with E-state index in [0.29, 0.717) is 11.3 Å². The maximum Gasteiger partial charge on any atom is 0.251 e. The van der Waals surface area contributed by atoms with Crippen molar-refractivity contribution in [1.29, 1.82) is 0 Å². The van der Waals surface area contributed by atoms with Crippen LogP contribution in [0.15, 0.2) is 60.7 Å². The molecule has 9 nitrogen and oxygen atoms in total. The molecule has 0 radical (unpaired) electrons. The highest BCUT2D eigenvalue weighted by Crippen LogP contribution is 2.26. The first kappa shape index (κ1) is 21.4. The molecule has 1 aliphatic rings. The van der Waals surface area contributed by atoms with Gasteiger partial charge in [-0.1, -0.05) is 25.5 Å². The monoisotopic (exact) mass is 430 g/mol. The minimum absolute atomic E-state index is 0.127. The van der Waals surface area contributed by atoms with Crippen molar-refractivity contribution >= 4 is 11.6 Å². The van der Waals surface area contributed by atoms with E-state index in [2.05, 4.69) is 48.7 Å². The lowest BCUT2D eigenvalue weighted by atomic mass is 10.1. The number of rotatable bonds is 6. The first-order chi connectivity index (χ1) is 15.4. The van der Waals surface area contributed by atoms with Crippen molar-refractivity contribution in [3.05, 3.63) is 77.8 Å². The molecule has 4 rings (SSSR count). The molecule has 2 aromatic heterocycles. The largest absolute Gasteiger partial charge is 0.344 e. The van der Waals surface area contributed by atoms with Crippen molar-refractivity contribution in [3.63, 3.8) is 0 Å². The summed E-state index contributed by atoms with van der Waals surface area (Å²) in [6, 6.07) is 5.39. The fourth-order valence-corrected chi connectivity index (χ4v) is 3.50. The molecular formula is C23H26N8O. The van der Waals surface area contributed by atoms with E-state index in [9.17, 15) is 4.79 Å². The Morgan fingerprint density at radius 3 is 2.66 bits per heavy atom. The smallest absolute Gasteiger partial charge is 0.251 e. The standard InChI is InChI=1S/C23H26N8O/c1-15(2)22-27-28-29-31(22)20-11-18(10-19(12-20)30-9-5-6-16(3)14-30)23(32)26-17(4)21-13-24-7-8-25-21/h5-13,15,17H,14H2,1-4H3,(H,26,32)/t17-/m0/s1. The summed E-state index contributed by atoms with van der Waals surface area (Å²) in [5, 5.41) is 15.2. The van der Waals surface area contributed by atoms with Gasteiger partial charge in [-0.3, -0.25) is 14.8 Å². The molecular weight excluding hydrogens is 404 g/mol. The highest BCUT2D eigenvalue weighted by molar-refractivity contribution is 5.96. The minimum Gasteiger partial charge on any atom is -0.344 e. The van der Waals surface area contributed by atoms with E-state index in [-0.39, 0.29) is 17.9 Å². The zero-order chi connectivity index (χ0) is 22.7. The van der Waals surface area contributed by atoms with E-state index in [0.717, 1.165) is 23.7 Å². The van der Waals surface area contributed by atoms with Crippen LogP contribution in [0.3, 0.4) is 0 Å². The Hall–Kier alpha value is -3.88. The number of hydrogen-bond donors (Lipinski definition) is 1. The summed E-state index contributed by atoms with van der Waals surface area (Å²) in [6.45, 7) is 8.76. The van der Waals surface area contributed by atoms with Gasteiger partial charge in [0.2, 0.25) is 0 Å². The Morgan fingerprint density at radius 1 is 1.12 bits per heavy atom. The van der Waals surface area contributed by atoms with E-state index in [1.54, 1.807) is 29.3 Å². The molecule has 1 N–H and O–H groups in total. The van der Waals surface area contributed by atoms with Crippen LogP contribution in [0.2, 0.25) is 0 Å². The van der Waals surface area contributed by atoms with Gasteiger partial charge in [0.25, 0.3) is 5.91 Å². The van der Waals surface area contributed by atoms with Crippen LogP contribution in [0.1, 0.15) is 61.5 Å². The van der Waals surface area contributed by atoms with Gasteiger partial charge in [-0.15, -0.1) is 5.10 Å². The first-order valence-corrected chi connectivity index (χ1v) is 10.5. The van der Waals surface area contributed by atoms with E-state index in [4.69, 9.17) is 0 Å². The summed E-state index contributed by atoms with van der Waals surface area (Å²) in [5.74, 6) is 0.646. The molecule has 0 unspecified atom stereocenters. The number of benzene rings is 1. The number of amides is 1. The minimum atomic E-state index is -0.289. The SMILES string of the molecule is CC1=CC=CN(c2cc(C(=O)N[C@@H](C)c3cnccn3)cc(-n3nnnc3C(C)C)c2)C1. The molecule has 164 valence electrons. The van der Waals surface area contributed by atoms with Crippen molar-refractivity contribution in [1.82, 2.24) is 35.5 Å². The second-order valence-corrected chi connectivity index (χ2v) is 8.15. The van der Waals surface area contributed by atoms with Crippen LogP contribution in [-0.4, -0.2) is 42.6 Å². The normalized spacial score (nSPS) is 14.4. The van der Waals surface area contributed by atoms with Crippen LogP contribution in [0.4, 0.5) is 5.69 Å². The topological polar surface area (TPSA) is 102 Å². The number of nitrogens with zero attached hydrogens (tertiary/aromatic N) is 7. The predicted octanol–water partition coefficient (Wildman–Crippen LogP) is 3.35. The number of hydrogen-bond acceptors (Lipinski definition) is 7. The predicted molar refractivity (Wildman–Crippen MR) is 121 cm³/mol. The van der Waals surface area contributed by atoms with Crippen molar-refractivity contribution in [2.75, 3.05) is 11.4 Å². The molecule has 1 aliphatic heterocycles. The highest BCUT2D eigenvalue weighted by atomic mass is 16.1. The van der Waals surface area contributed by atoms with Gasteiger partial charge in [-0.25, -0.2) is 0 Å². The van der Waals surface area contributed by atoms with Gasteiger partial charge in [0.05, 0.1) is 23.6 Å². The van der Waals surface area contributed by atoms with Gasteiger partial charge in [-0.05, 0) is 48.5 Å². The Bertz CT molecular complexity index is 1170. The zero-order valence-electron chi connectivity index (χ0n) is 18.6. The lowest BCUT2D eigenvalue weighted by Crippen LogP contribution is -2.28. The van der Waals surface area contributed by atoms with Crippen molar-refractivity contribution < 1.29 is 4.79 Å². The molecule has 0 spiro atoms. The zero-order valence-corrected chi connectivity index (χ0v) is 18.6. The Balaban J connectivity index is 1.71. The molecule has 1 amide bonds. The Labute approximate surface area is 186 Å².